The van der Waals surface area contributed by atoms with Crippen molar-refractivity contribution in [1.29, 1.82) is 0 Å². The fourth-order valence-electron chi connectivity index (χ4n) is 5.34. The molecule has 1 saturated carbocycles. The minimum absolute atomic E-state index is 0.0129. The third-order valence-electron chi connectivity index (χ3n) is 6.39. The number of benzene rings is 2. The van der Waals surface area contributed by atoms with Gasteiger partial charge in [0.25, 0.3) is 5.91 Å². The molecule has 1 amide bonds. The molecule has 4 nitrogen and oxygen atoms in total. The number of rotatable bonds is 5. The number of hydrogen-bond acceptors (Lipinski definition) is 3. The molecule has 2 aliphatic rings. The van der Waals surface area contributed by atoms with Crippen LogP contribution in [-0.2, 0) is 13.0 Å². The lowest BCUT2D eigenvalue weighted by atomic mass is 9.70. The van der Waals surface area contributed by atoms with Gasteiger partial charge in [-0.2, -0.15) is 0 Å². The van der Waals surface area contributed by atoms with Gasteiger partial charge in [0.05, 0.1) is 0 Å². The summed E-state index contributed by atoms with van der Waals surface area (Å²) in [4.78, 5) is 12.8. The van der Waals surface area contributed by atoms with Crippen LogP contribution >= 0.6 is 0 Å². The smallest absolute Gasteiger partial charge is 0.251 e. The number of fused-ring (bicyclic) bond motifs is 1. The Bertz CT molecular complexity index is 945. The molecule has 0 saturated heterocycles. The number of nitrogens with one attached hydrogen (secondary N) is 1. The lowest BCUT2D eigenvalue weighted by Gasteiger charge is -2.39. The van der Waals surface area contributed by atoms with Gasteiger partial charge in [-0.1, -0.05) is 45.0 Å². The molecule has 1 fully saturated rings. The highest BCUT2D eigenvalue weighted by molar-refractivity contribution is 5.94. The van der Waals surface area contributed by atoms with Crippen LogP contribution in [0, 0.1) is 11.3 Å². The Kier molecular flexibility index (Phi) is 5.76. The van der Waals surface area contributed by atoms with Crippen LogP contribution in [0.15, 0.2) is 42.5 Å². The Hall–Kier alpha value is -2.49. The second-order valence-corrected chi connectivity index (χ2v) is 10.9. The van der Waals surface area contributed by atoms with E-state index in [9.17, 15) is 4.79 Å². The van der Waals surface area contributed by atoms with E-state index in [1.807, 2.05) is 36.4 Å². The van der Waals surface area contributed by atoms with E-state index in [0.29, 0.717) is 18.1 Å². The first kappa shape index (κ1) is 21.7. The number of amides is 1. The average Bonchev–Trinajstić information content (AvgIpc) is 2.99. The maximum Gasteiger partial charge on any atom is 0.251 e. The highest BCUT2D eigenvalue weighted by atomic mass is 16.5. The predicted molar refractivity (Wildman–Crippen MR) is 124 cm³/mol. The molecule has 0 bridgehead atoms. The molecule has 2 atom stereocenters. The summed E-state index contributed by atoms with van der Waals surface area (Å²) in [6, 6.07) is 14.0. The fraction of sp³-hybridized carbons (Fsp3) is 0.519. The minimum atomic E-state index is -0.192. The van der Waals surface area contributed by atoms with Crippen LogP contribution in [0.5, 0.6) is 11.5 Å². The number of carbonyl (C=O) groups is 1. The van der Waals surface area contributed by atoms with E-state index < -0.39 is 0 Å². The topological polar surface area (TPSA) is 47.6 Å². The largest absolute Gasteiger partial charge is 0.485 e. The molecule has 0 spiro atoms. The Morgan fingerprint density at radius 1 is 1.10 bits per heavy atom. The van der Waals surface area contributed by atoms with E-state index in [2.05, 4.69) is 46.0 Å². The molecule has 0 radical (unpaired) electrons. The van der Waals surface area contributed by atoms with Gasteiger partial charge in [-0.3, -0.25) is 4.79 Å². The molecule has 0 aromatic heterocycles. The van der Waals surface area contributed by atoms with Gasteiger partial charge in [-0.05, 0) is 68.2 Å². The van der Waals surface area contributed by atoms with E-state index in [-0.39, 0.29) is 23.0 Å². The first-order chi connectivity index (χ1) is 14.6. The van der Waals surface area contributed by atoms with Gasteiger partial charge >= 0.3 is 0 Å². The van der Waals surface area contributed by atoms with Crippen molar-refractivity contribution in [2.24, 2.45) is 11.3 Å². The van der Waals surface area contributed by atoms with Crippen LogP contribution in [0.3, 0.4) is 0 Å². The van der Waals surface area contributed by atoms with Crippen molar-refractivity contribution >= 4 is 5.91 Å². The van der Waals surface area contributed by atoms with E-state index in [1.54, 1.807) is 0 Å². The van der Waals surface area contributed by atoms with Crippen molar-refractivity contribution in [3.63, 3.8) is 0 Å². The Morgan fingerprint density at radius 2 is 1.84 bits per heavy atom. The average molecular weight is 422 g/mol. The van der Waals surface area contributed by atoms with Gasteiger partial charge < -0.3 is 14.8 Å². The van der Waals surface area contributed by atoms with Crippen LogP contribution in [-0.4, -0.2) is 17.6 Å². The zero-order chi connectivity index (χ0) is 22.2. The van der Waals surface area contributed by atoms with Gasteiger partial charge in [0.2, 0.25) is 0 Å². The molecule has 1 N–H and O–H groups in total. The third-order valence-corrected chi connectivity index (χ3v) is 6.39. The van der Waals surface area contributed by atoms with Gasteiger partial charge in [-0.15, -0.1) is 0 Å². The zero-order valence-electron chi connectivity index (χ0n) is 19.5. The van der Waals surface area contributed by atoms with Crippen LogP contribution in [0.2, 0.25) is 0 Å². The molecule has 31 heavy (non-hydrogen) atoms. The summed E-state index contributed by atoms with van der Waals surface area (Å²) in [6.45, 7) is 11.5. The Labute approximate surface area is 186 Å². The number of para-hydroxylation sites is 1. The molecule has 1 aliphatic carbocycles. The van der Waals surface area contributed by atoms with Gasteiger partial charge in [0.1, 0.15) is 12.2 Å². The predicted octanol–water partition coefficient (Wildman–Crippen LogP) is 5.92. The highest BCUT2D eigenvalue weighted by Crippen LogP contribution is 2.42. The van der Waals surface area contributed by atoms with Crippen LogP contribution < -0.4 is 14.8 Å². The van der Waals surface area contributed by atoms with Gasteiger partial charge in [0, 0.05) is 23.6 Å². The van der Waals surface area contributed by atoms with Crippen LogP contribution in [0.1, 0.15) is 75.4 Å². The molecule has 1 heterocycles. The summed E-state index contributed by atoms with van der Waals surface area (Å²) < 4.78 is 12.1. The molecule has 4 heteroatoms. The van der Waals surface area contributed by atoms with E-state index in [4.69, 9.17) is 9.47 Å². The standard InChI is InChI=1S/C27H35NO3/c1-18-13-22(16-26(2,3)14-18)28-25(29)20-11-9-19(10-12-20)17-30-23-8-6-7-21-15-27(4,5)31-24(21)23/h6-12,18,22H,13-17H2,1-5H3,(H,28,29). The van der Waals surface area contributed by atoms with Gasteiger partial charge in [-0.25, -0.2) is 0 Å². The van der Waals surface area contributed by atoms with Crippen molar-refractivity contribution in [2.75, 3.05) is 0 Å². The van der Waals surface area contributed by atoms with E-state index in [1.165, 1.54) is 12.0 Å². The van der Waals surface area contributed by atoms with Gasteiger partial charge in [0.15, 0.2) is 11.5 Å². The normalized spacial score (nSPS) is 23.5. The minimum Gasteiger partial charge on any atom is -0.485 e. The Balaban J connectivity index is 1.35. The summed E-state index contributed by atoms with van der Waals surface area (Å²) in [5, 5.41) is 3.25. The summed E-state index contributed by atoms with van der Waals surface area (Å²) >= 11 is 0. The molecule has 1 aliphatic heterocycles. The second-order valence-electron chi connectivity index (χ2n) is 10.9. The molecular weight excluding hydrogens is 386 g/mol. The second kappa shape index (κ2) is 8.22. The third kappa shape index (κ3) is 5.23. The van der Waals surface area contributed by atoms with Crippen molar-refractivity contribution in [3.8, 4) is 11.5 Å². The molecule has 2 aromatic rings. The Morgan fingerprint density at radius 3 is 2.55 bits per heavy atom. The molecule has 4 rings (SSSR count). The maximum absolute atomic E-state index is 12.8. The fourth-order valence-corrected chi connectivity index (χ4v) is 5.34. The molecule has 166 valence electrons. The van der Waals surface area contributed by atoms with Crippen LogP contribution in [0.4, 0.5) is 0 Å². The first-order valence-corrected chi connectivity index (χ1v) is 11.4. The van der Waals surface area contributed by atoms with Crippen molar-refractivity contribution in [2.45, 2.75) is 78.6 Å². The first-order valence-electron chi connectivity index (χ1n) is 11.4. The van der Waals surface area contributed by atoms with Crippen molar-refractivity contribution in [3.05, 3.63) is 59.2 Å². The van der Waals surface area contributed by atoms with E-state index >= 15 is 0 Å². The number of hydrogen-bond donors (Lipinski definition) is 1. The summed E-state index contributed by atoms with van der Waals surface area (Å²) in [5.74, 6) is 2.29. The summed E-state index contributed by atoms with van der Waals surface area (Å²) in [7, 11) is 0. The molecule has 2 unspecified atom stereocenters. The lowest BCUT2D eigenvalue weighted by molar-refractivity contribution is 0.0874. The van der Waals surface area contributed by atoms with E-state index in [0.717, 1.165) is 36.3 Å². The molecular formula is C27H35NO3. The number of carbonyl (C=O) groups excluding carboxylic acids is 1. The van der Waals surface area contributed by atoms with Crippen molar-refractivity contribution in [1.82, 2.24) is 5.32 Å². The maximum atomic E-state index is 12.8. The van der Waals surface area contributed by atoms with Crippen molar-refractivity contribution < 1.29 is 14.3 Å². The SMILES string of the molecule is CC1CC(NC(=O)c2ccc(COc3cccc4c3OC(C)(C)C4)cc2)CC(C)(C)C1. The summed E-state index contributed by atoms with van der Waals surface area (Å²) in [5.41, 5.74) is 3.01. The summed E-state index contributed by atoms with van der Waals surface area (Å²) in [6.07, 6.45) is 4.21. The lowest BCUT2D eigenvalue weighted by Crippen LogP contribution is -2.42. The number of ether oxygens (including phenoxy) is 2. The highest BCUT2D eigenvalue weighted by Gasteiger charge is 2.33. The monoisotopic (exact) mass is 421 g/mol. The quantitative estimate of drug-likeness (QED) is 0.651. The zero-order valence-corrected chi connectivity index (χ0v) is 19.5. The molecule has 2 aromatic carbocycles. The van der Waals surface area contributed by atoms with Crippen LogP contribution in [0.25, 0.3) is 0 Å².